The van der Waals surface area contributed by atoms with E-state index in [0.29, 0.717) is 12.3 Å². The van der Waals surface area contributed by atoms with Crippen molar-refractivity contribution in [1.82, 2.24) is 0 Å². The lowest BCUT2D eigenvalue weighted by Gasteiger charge is -2.12. The van der Waals surface area contributed by atoms with Gasteiger partial charge in [-0.05, 0) is 18.4 Å². The quantitative estimate of drug-likeness (QED) is 0.658. The normalized spacial score (nSPS) is 28.3. The lowest BCUT2D eigenvalue weighted by atomic mass is 9.95. The number of ether oxygens (including phenoxy) is 1. The van der Waals surface area contributed by atoms with E-state index in [1.54, 1.807) is 6.26 Å². The van der Waals surface area contributed by atoms with Crippen LogP contribution in [0.5, 0.6) is 0 Å². The van der Waals surface area contributed by atoms with Crippen LogP contribution >= 0.6 is 0 Å². The van der Waals surface area contributed by atoms with Crippen molar-refractivity contribution in [2.24, 2.45) is 5.92 Å². The second kappa shape index (κ2) is 4.16. The van der Waals surface area contributed by atoms with Crippen molar-refractivity contribution in [3.63, 3.8) is 0 Å². The van der Waals surface area contributed by atoms with E-state index < -0.39 is 0 Å². The molecule has 2 heterocycles. The van der Waals surface area contributed by atoms with Crippen molar-refractivity contribution in [2.75, 3.05) is 0 Å². The molecule has 0 radical (unpaired) electrons. The summed E-state index contributed by atoms with van der Waals surface area (Å²) in [6.07, 6.45) is 9.00. The van der Waals surface area contributed by atoms with E-state index in [2.05, 4.69) is 13.0 Å². The largest absolute Gasteiger partial charge is 0.469 e. The number of carbonyl (C=O) groups is 1. The van der Waals surface area contributed by atoms with Crippen LogP contribution in [0.2, 0.25) is 0 Å². The van der Waals surface area contributed by atoms with E-state index >= 15 is 0 Å². The monoisotopic (exact) mass is 244 g/mol. The highest BCUT2D eigenvalue weighted by Crippen LogP contribution is 2.38. The summed E-state index contributed by atoms with van der Waals surface area (Å²) in [5.74, 6) is 1.13. The number of esters is 1. The number of hydrogen-bond acceptors (Lipinski definition) is 3. The van der Waals surface area contributed by atoms with E-state index in [4.69, 9.17) is 9.15 Å². The van der Waals surface area contributed by atoms with Crippen LogP contribution < -0.4 is 0 Å². The van der Waals surface area contributed by atoms with Crippen LogP contribution in [0, 0.1) is 12.8 Å². The van der Waals surface area contributed by atoms with Gasteiger partial charge in [-0.2, -0.15) is 0 Å². The summed E-state index contributed by atoms with van der Waals surface area (Å²) in [6, 6.07) is 0. The standard InChI is InChI=1S/C15H16O3/c1-9-4-3-5-11-7-13(18-15(11)16)14-10(2)8-17-12(14)6-9/h3-5,8-9,13H,6-7H2,1-2H3/b4-3-,11-5?/t9-,13-/m1/s1. The Labute approximate surface area is 106 Å². The highest BCUT2D eigenvalue weighted by Gasteiger charge is 2.34. The molecule has 3 rings (SSSR count). The average Bonchev–Trinajstić information content (AvgIpc) is 2.83. The van der Waals surface area contributed by atoms with Crippen LogP contribution in [0.1, 0.15) is 36.3 Å². The van der Waals surface area contributed by atoms with Crippen molar-refractivity contribution in [1.29, 1.82) is 0 Å². The minimum Gasteiger partial charge on any atom is -0.469 e. The summed E-state index contributed by atoms with van der Waals surface area (Å²) in [4.78, 5) is 11.8. The minimum absolute atomic E-state index is 0.170. The summed E-state index contributed by atoms with van der Waals surface area (Å²) >= 11 is 0. The predicted molar refractivity (Wildman–Crippen MR) is 67.0 cm³/mol. The maximum absolute atomic E-state index is 11.8. The number of allylic oxidation sites excluding steroid dienone is 3. The maximum Gasteiger partial charge on any atom is 0.334 e. The molecule has 1 fully saturated rings. The van der Waals surface area contributed by atoms with E-state index in [0.717, 1.165) is 28.9 Å². The van der Waals surface area contributed by atoms with Crippen molar-refractivity contribution in [2.45, 2.75) is 32.8 Å². The zero-order chi connectivity index (χ0) is 12.7. The molecule has 1 saturated heterocycles. The Morgan fingerprint density at radius 1 is 1.33 bits per heavy atom. The van der Waals surface area contributed by atoms with Gasteiger partial charge in [0.25, 0.3) is 0 Å². The summed E-state index contributed by atoms with van der Waals surface area (Å²) < 4.78 is 11.1. The molecular weight excluding hydrogens is 228 g/mol. The van der Waals surface area contributed by atoms with E-state index in [9.17, 15) is 4.79 Å². The van der Waals surface area contributed by atoms with Gasteiger partial charge < -0.3 is 9.15 Å². The van der Waals surface area contributed by atoms with Crippen LogP contribution in [-0.4, -0.2) is 5.97 Å². The van der Waals surface area contributed by atoms with E-state index in [1.807, 2.05) is 19.1 Å². The molecule has 1 aliphatic heterocycles. The molecule has 3 heteroatoms. The molecule has 0 N–H and O–H groups in total. The third-order valence-corrected chi connectivity index (χ3v) is 3.59. The van der Waals surface area contributed by atoms with Gasteiger partial charge >= 0.3 is 5.97 Å². The van der Waals surface area contributed by atoms with Crippen LogP contribution in [-0.2, 0) is 16.0 Å². The lowest BCUT2D eigenvalue weighted by molar-refractivity contribution is -0.139. The minimum atomic E-state index is -0.203. The van der Waals surface area contributed by atoms with Gasteiger partial charge in [-0.1, -0.05) is 25.2 Å². The first-order chi connectivity index (χ1) is 8.65. The topological polar surface area (TPSA) is 39.4 Å². The molecule has 2 bridgehead atoms. The van der Waals surface area contributed by atoms with Gasteiger partial charge in [0.1, 0.15) is 11.9 Å². The molecule has 1 aromatic rings. The third kappa shape index (κ3) is 1.80. The highest BCUT2D eigenvalue weighted by atomic mass is 16.5. The van der Waals surface area contributed by atoms with Gasteiger partial charge in [0.05, 0.1) is 6.26 Å². The first-order valence-corrected chi connectivity index (χ1v) is 6.30. The van der Waals surface area contributed by atoms with Gasteiger partial charge in [-0.25, -0.2) is 4.79 Å². The fourth-order valence-corrected chi connectivity index (χ4v) is 2.65. The molecule has 0 aromatic carbocycles. The fourth-order valence-electron chi connectivity index (χ4n) is 2.65. The highest BCUT2D eigenvalue weighted by molar-refractivity contribution is 5.91. The second-order valence-corrected chi connectivity index (χ2v) is 5.11. The zero-order valence-corrected chi connectivity index (χ0v) is 10.6. The van der Waals surface area contributed by atoms with Crippen molar-refractivity contribution in [3.8, 4) is 0 Å². The van der Waals surface area contributed by atoms with Gasteiger partial charge in [0.15, 0.2) is 0 Å². The zero-order valence-electron chi connectivity index (χ0n) is 10.6. The van der Waals surface area contributed by atoms with Crippen molar-refractivity contribution in [3.05, 3.63) is 47.0 Å². The van der Waals surface area contributed by atoms with Crippen molar-refractivity contribution >= 4 is 5.97 Å². The first kappa shape index (κ1) is 11.3. The van der Waals surface area contributed by atoms with Crippen LogP contribution in [0.4, 0.5) is 0 Å². The van der Waals surface area contributed by atoms with E-state index in [-0.39, 0.29) is 12.1 Å². The fraction of sp³-hybridized carbons (Fsp3) is 0.400. The maximum atomic E-state index is 11.8. The molecule has 0 amide bonds. The Morgan fingerprint density at radius 2 is 2.17 bits per heavy atom. The molecule has 2 aliphatic rings. The molecular formula is C15H16O3. The lowest BCUT2D eigenvalue weighted by Crippen LogP contribution is -2.04. The summed E-state index contributed by atoms with van der Waals surface area (Å²) in [5, 5.41) is 0. The number of fused-ring (bicyclic) bond motifs is 4. The molecule has 94 valence electrons. The van der Waals surface area contributed by atoms with Gasteiger partial charge in [0, 0.05) is 24.0 Å². The average molecular weight is 244 g/mol. The van der Waals surface area contributed by atoms with Gasteiger partial charge in [0.2, 0.25) is 0 Å². The summed E-state index contributed by atoms with van der Waals surface area (Å²) in [6.45, 7) is 4.15. The Hall–Kier alpha value is -1.77. The number of aryl methyl sites for hydroxylation is 1. The molecule has 0 spiro atoms. The predicted octanol–water partition coefficient (Wildman–Crippen LogP) is 3.25. The number of carbonyl (C=O) groups excluding carboxylic acids is 1. The third-order valence-electron chi connectivity index (χ3n) is 3.59. The Kier molecular flexibility index (Phi) is 2.62. The smallest absolute Gasteiger partial charge is 0.334 e. The molecule has 1 aliphatic carbocycles. The Morgan fingerprint density at radius 3 is 3.00 bits per heavy atom. The van der Waals surface area contributed by atoms with Crippen molar-refractivity contribution < 1.29 is 13.9 Å². The van der Waals surface area contributed by atoms with E-state index in [1.165, 1.54) is 0 Å². The molecule has 0 unspecified atom stereocenters. The van der Waals surface area contributed by atoms with Crippen LogP contribution in [0.25, 0.3) is 0 Å². The van der Waals surface area contributed by atoms with Gasteiger partial charge in [-0.3, -0.25) is 0 Å². The SMILES string of the molecule is Cc1coc2c1[C@H]1CC(=C/C=C\[C@@H](C)C2)C(=O)O1. The van der Waals surface area contributed by atoms with Gasteiger partial charge in [-0.15, -0.1) is 0 Å². The Balaban J connectivity index is 2.10. The first-order valence-electron chi connectivity index (χ1n) is 6.30. The molecule has 18 heavy (non-hydrogen) atoms. The molecule has 3 nitrogen and oxygen atoms in total. The Bertz CT molecular complexity index is 548. The molecule has 1 aromatic heterocycles. The molecule has 0 saturated carbocycles. The number of rotatable bonds is 0. The molecule has 2 atom stereocenters. The second-order valence-electron chi connectivity index (χ2n) is 5.11. The summed E-state index contributed by atoms with van der Waals surface area (Å²) in [5.41, 5.74) is 2.88. The van der Waals surface area contributed by atoms with Crippen LogP contribution in [0.15, 0.2) is 34.5 Å². The number of hydrogen-bond donors (Lipinski definition) is 0. The number of furan rings is 1. The summed E-state index contributed by atoms with van der Waals surface area (Å²) in [7, 11) is 0. The van der Waals surface area contributed by atoms with Crippen LogP contribution in [0.3, 0.4) is 0 Å².